The molecule has 42 heavy (non-hydrogen) atoms. The van der Waals surface area contributed by atoms with Crippen LogP contribution in [0.25, 0.3) is 11.4 Å². The molecule has 0 saturated carbocycles. The molecule has 2 atom stereocenters. The Morgan fingerprint density at radius 1 is 1.12 bits per heavy atom. The summed E-state index contributed by atoms with van der Waals surface area (Å²) in [4.78, 5) is 50.9. The van der Waals surface area contributed by atoms with Gasteiger partial charge in [0.1, 0.15) is 11.8 Å². The highest BCUT2D eigenvalue weighted by Gasteiger charge is 2.30. The van der Waals surface area contributed by atoms with Crippen molar-refractivity contribution >= 4 is 29.5 Å². The van der Waals surface area contributed by atoms with Gasteiger partial charge >= 0.3 is 0 Å². The minimum atomic E-state index is -0.682. The molecule has 3 amide bonds. The molecule has 3 heterocycles. The van der Waals surface area contributed by atoms with Gasteiger partial charge in [-0.1, -0.05) is 44.2 Å². The Bertz CT molecular complexity index is 1360. The summed E-state index contributed by atoms with van der Waals surface area (Å²) in [7, 11) is 1.50. The van der Waals surface area contributed by atoms with Crippen LogP contribution in [0.4, 0.5) is 0 Å². The lowest BCUT2D eigenvalue weighted by atomic mass is 10.0. The van der Waals surface area contributed by atoms with Gasteiger partial charge in [-0.15, -0.1) is 0 Å². The Balaban J connectivity index is 1.74. The second-order valence-corrected chi connectivity index (χ2v) is 11.5. The molecule has 1 aromatic carbocycles. The molecule has 11 nitrogen and oxygen atoms in total. The first kappa shape index (κ1) is 31.0. The van der Waals surface area contributed by atoms with E-state index < -0.39 is 12.1 Å². The second-order valence-electron chi connectivity index (χ2n) is 10.5. The molecule has 2 aromatic heterocycles. The number of hydrogen-bond acceptors (Lipinski definition) is 8. The molecule has 0 aliphatic carbocycles. The number of pyridine rings is 1. The summed E-state index contributed by atoms with van der Waals surface area (Å²) in [6.07, 6.45) is 6.14. The first-order valence-corrected chi connectivity index (χ1v) is 15.6. The Morgan fingerprint density at radius 2 is 1.90 bits per heavy atom. The number of hydrogen-bond donors (Lipinski definition) is 2. The molecule has 0 unspecified atom stereocenters. The summed E-state index contributed by atoms with van der Waals surface area (Å²) >= 11 is 1.62. The van der Waals surface area contributed by atoms with Gasteiger partial charge in [0.05, 0.1) is 31.5 Å². The van der Waals surface area contributed by atoms with Gasteiger partial charge in [-0.2, -0.15) is 16.9 Å². The Morgan fingerprint density at radius 3 is 2.62 bits per heavy atom. The van der Waals surface area contributed by atoms with Crippen molar-refractivity contribution in [3.63, 3.8) is 0 Å². The SMILES string of the molecule is COc1cnccc1C(=O)N1CCCC(=O)N[C@@H](CCSC)C(=O)N[C@H](C(C)C)c2nc(-c3ccccc3)nn2CC1. The van der Waals surface area contributed by atoms with Crippen molar-refractivity contribution in [3.05, 3.63) is 60.2 Å². The van der Waals surface area contributed by atoms with Crippen molar-refractivity contribution in [1.82, 2.24) is 35.3 Å². The van der Waals surface area contributed by atoms with Crippen LogP contribution in [-0.4, -0.2) is 80.6 Å². The van der Waals surface area contributed by atoms with Gasteiger partial charge in [0.2, 0.25) is 11.8 Å². The lowest BCUT2D eigenvalue weighted by Crippen LogP contribution is -2.49. The third-order valence-electron chi connectivity index (χ3n) is 7.17. The van der Waals surface area contributed by atoms with Crippen molar-refractivity contribution < 1.29 is 19.1 Å². The van der Waals surface area contributed by atoms with Crippen LogP contribution in [0.5, 0.6) is 5.75 Å². The van der Waals surface area contributed by atoms with Gasteiger partial charge in [0.25, 0.3) is 5.91 Å². The highest BCUT2D eigenvalue weighted by molar-refractivity contribution is 7.98. The molecule has 4 rings (SSSR count). The lowest BCUT2D eigenvalue weighted by molar-refractivity contribution is -0.129. The fourth-order valence-corrected chi connectivity index (χ4v) is 5.33. The van der Waals surface area contributed by atoms with Crippen LogP contribution in [0.2, 0.25) is 0 Å². The van der Waals surface area contributed by atoms with E-state index in [4.69, 9.17) is 14.8 Å². The summed E-state index contributed by atoms with van der Waals surface area (Å²) < 4.78 is 7.19. The molecule has 0 radical (unpaired) electrons. The normalized spacial score (nSPS) is 18.5. The number of amides is 3. The van der Waals surface area contributed by atoms with Crippen LogP contribution in [0.1, 0.15) is 55.3 Å². The molecule has 1 aliphatic heterocycles. The zero-order valence-electron chi connectivity index (χ0n) is 24.6. The number of carbonyl (C=O) groups excluding carboxylic acids is 3. The molecule has 0 bridgehead atoms. The summed E-state index contributed by atoms with van der Waals surface area (Å²) in [5, 5.41) is 10.9. The van der Waals surface area contributed by atoms with Crippen LogP contribution in [0, 0.1) is 5.92 Å². The number of benzene rings is 1. The van der Waals surface area contributed by atoms with Gasteiger partial charge < -0.3 is 20.3 Å². The molecular weight excluding hydrogens is 554 g/mol. The summed E-state index contributed by atoms with van der Waals surface area (Å²) in [5.41, 5.74) is 1.25. The van der Waals surface area contributed by atoms with Crippen molar-refractivity contribution in [1.29, 1.82) is 0 Å². The number of carbonyl (C=O) groups is 3. The van der Waals surface area contributed by atoms with E-state index >= 15 is 0 Å². The number of ether oxygens (including phenoxy) is 1. The molecule has 3 aromatic rings. The fraction of sp³-hybridized carbons (Fsp3) is 0.467. The standard InChI is InChI=1S/C30H39N7O4S/c1-20(2)26-28-34-27(21-9-6-5-7-10-21)35-37(28)17-16-36(30(40)22-12-14-31-19-24(22)41-3)15-8-11-25(38)32-23(13-18-42-4)29(39)33-26/h5-7,9-10,12,14,19-20,23,26H,8,11,13,15-18H2,1-4H3,(H,32,38)(H,33,39)/t23-,26+/m0/s1. The van der Waals surface area contributed by atoms with Gasteiger partial charge in [-0.05, 0) is 36.8 Å². The molecule has 0 fully saturated rings. The maximum Gasteiger partial charge on any atom is 0.257 e. The van der Waals surface area contributed by atoms with E-state index in [1.54, 1.807) is 33.6 Å². The zero-order valence-corrected chi connectivity index (χ0v) is 25.4. The largest absolute Gasteiger partial charge is 0.494 e. The third-order valence-corrected chi connectivity index (χ3v) is 7.82. The van der Waals surface area contributed by atoms with Gasteiger partial charge in [0.15, 0.2) is 11.6 Å². The highest BCUT2D eigenvalue weighted by atomic mass is 32.2. The quantitative estimate of drug-likeness (QED) is 0.427. The fourth-order valence-electron chi connectivity index (χ4n) is 4.86. The molecule has 2 N–H and O–H groups in total. The van der Waals surface area contributed by atoms with E-state index in [1.165, 1.54) is 13.3 Å². The van der Waals surface area contributed by atoms with Crippen LogP contribution < -0.4 is 15.4 Å². The van der Waals surface area contributed by atoms with E-state index in [9.17, 15) is 14.4 Å². The third kappa shape index (κ3) is 7.67. The minimum absolute atomic E-state index is 0.0239. The Hall–Kier alpha value is -3.93. The highest BCUT2D eigenvalue weighted by Crippen LogP contribution is 2.25. The van der Waals surface area contributed by atoms with Crippen LogP contribution in [0.15, 0.2) is 48.8 Å². The molecule has 0 saturated heterocycles. The van der Waals surface area contributed by atoms with Gasteiger partial charge in [-0.3, -0.25) is 19.4 Å². The summed E-state index contributed by atoms with van der Waals surface area (Å²) in [6, 6.07) is 10.1. The minimum Gasteiger partial charge on any atom is -0.494 e. The summed E-state index contributed by atoms with van der Waals surface area (Å²) in [6.45, 7) is 5.01. The van der Waals surface area contributed by atoms with E-state index in [1.807, 2.05) is 50.4 Å². The number of fused-ring (bicyclic) bond motifs is 1. The molecule has 224 valence electrons. The molecule has 1 aliphatic rings. The first-order valence-electron chi connectivity index (χ1n) is 14.2. The number of thioether (sulfide) groups is 1. The predicted molar refractivity (Wildman–Crippen MR) is 162 cm³/mol. The van der Waals surface area contributed by atoms with Crippen molar-refractivity contribution in [3.8, 4) is 17.1 Å². The average molecular weight is 594 g/mol. The van der Waals surface area contributed by atoms with Crippen LogP contribution in [-0.2, 0) is 16.1 Å². The number of aromatic nitrogens is 4. The summed E-state index contributed by atoms with van der Waals surface area (Å²) in [5.74, 6) is 1.51. The van der Waals surface area contributed by atoms with Crippen molar-refractivity contribution in [2.45, 2.75) is 51.7 Å². The van der Waals surface area contributed by atoms with E-state index in [0.717, 1.165) is 11.3 Å². The smallest absolute Gasteiger partial charge is 0.257 e. The number of nitrogens with one attached hydrogen (secondary N) is 2. The average Bonchev–Trinajstić information content (AvgIpc) is 3.42. The van der Waals surface area contributed by atoms with E-state index in [-0.39, 0.29) is 30.1 Å². The topological polar surface area (TPSA) is 131 Å². The number of nitrogens with zero attached hydrogens (tertiary/aromatic N) is 5. The van der Waals surface area contributed by atoms with Crippen LogP contribution >= 0.6 is 11.8 Å². The number of methoxy groups -OCH3 is 1. The van der Waals surface area contributed by atoms with Crippen molar-refractivity contribution in [2.24, 2.45) is 5.92 Å². The Kier molecular flexibility index (Phi) is 10.9. The second kappa shape index (κ2) is 14.8. The van der Waals surface area contributed by atoms with E-state index in [0.29, 0.717) is 55.4 Å². The molecule has 12 heteroatoms. The van der Waals surface area contributed by atoms with Crippen LogP contribution in [0.3, 0.4) is 0 Å². The van der Waals surface area contributed by atoms with Gasteiger partial charge in [0, 0.05) is 31.3 Å². The Labute approximate surface area is 250 Å². The zero-order chi connectivity index (χ0) is 30.1. The van der Waals surface area contributed by atoms with Gasteiger partial charge in [-0.25, -0.2) is 9.67 Å². The predicted octanol–water partition coefficient (Wildman–Crippen LogP) is 3.34. The maximum atomic E-state index is 13.7. The van der Waals surface area contributed by atoms with Crippen molar-refractivity contribution in [2.75, 3.05) is 32.2 Å². The molecular formula is C30H39N7O4S. The first-order chi connectivity index (χ1) is 20.3. The maximum absolute atomic E-state index is 13.7. The monoisotopic (exact) mass is 593 g/mol. The molecule has 0 spiro atoms. The lowest BCUT2D eigenvalue weighted by Gasteiger charge is -2.28. The van der Waals surface area contributed by atoms with E-state index in [2.05, 4.69) is 15.6 Å². The number of rotatable bonds is 7.